The molecule has 0 unspecified atom stereocenters. The molecule has 0 radical (unpaired) electrons. The summed E-state index contributed by atoms with van der Waals surface area (Å²) in [5.41, 5.74) is 7.32. The van der Waals surface area contributed by atoms with Gasteiger partial charge in [-0.2, -0.15) is 0 Å². The summed E-state index contributed by atoms with van der Waals surface area (Å²) in [4.78, 5) is 18.2. The first-order valence-corrected chi connectivity index (χ1v) is 9.26. The van der Waals surface area contributed by atoms with Gasteiger partial charge in [0.1, 0.15) is 0 Å². The molecular formula is C20H24BrN3O. The van der Waals surface area contributed by atoms with E-state index in [2.05, 4.69) is 66.0 Å². The Morgan fingerprint density at radius 3 is 2.64 bits per heavy atom. The maximum absolute atomic E-state index is 12.5. The topological polar surface area (TPSA) is 48.1 Å². The van der Waals surface area contributed by atoms with Crippen molar-refractivity contribution in [1.29, 1.82) is 0 Å². The van der Waals surface area contributed by atoms with Crippen LogP contribution in [0, 0.1) is 6.92 Å². The second kappa shape index (κ2) is 6.81. The molecule has 1 aliphatic rings. The van der Waals surface area contributed by atoms with E-state index in [0.29, 0.717) is 11.5 Å². The molecule has 0 fully saturated rings. The number of aryl methyl sites for hydroxylation is 1. The molecule has 0 aliphatic carbocycles. The number of carbonyl (C=O) groups is 1. The number of hydrogen-bond acceptors (Lipinski definition) is 2. The lowest BCUT2D eigenvalue weighted by Gasteiger charge is -2.14. The van der Waals surface area contributed by atoms with Crippen LogP contribution in [0.2, 0.25) is 0 Å². The third kappa shape index (κ3) is 3.44. The molecule has 1 amide bonds. The zero-order chi connectivity index (χ0) is 18.3. The summed E-state index contributed by atoms with van der Waals surface area (Å²) in [6.45, 7) is 7.38. The van der Waals surface area contributed by atoms with Crippen molar-refractivity contribution in [2.45, 2.75) is 33.2 Å². The average Bonchev–Trinajstić information content (AvgIpc) is 2.96. The van der Waals surface area contributed by atoms with Crippen molar-refractivity contribution in [3.63, 3.8) is 0 Å². The first-order valence-electron chi connectivity index (χ1n) is 8.47. The van der Waals surface area contributed by atoms with Crippen LogP contribution in [0.3, 0.4) is 0 Å². The SMILES string of the molecule is Cc1[nH]c(C=C2C(=O)Nc3cc(Br)ccc32)c(C(C)C)c1CN(C)C. The highest BCUT2D eigenvalue weighted by molar-refractivity contribution is 9.10. The van der Waals surface area contributed by atoms with E-state index in [1.54, 1.807) is 0 Å². The van der Waals surface area contributed by atoms with E-state index in [0.717, 1.165) is 28.0 Å². The number of carbonyl (C=O) groups excluding carboxylic acids is 1. The van der Waals surface area contributed by atoms with Crippen molar-refractivity contribution in [3.05, 3.63) is 50.8 Å². The van der Waals surface area contributed by atoms with E-state index < -0.39 is 0 Å². The second-order valence-corrected chi connectivity index (χ2v) is 8.07. The van der Waals surface area contributed by atoms with E-state index in [4.69, 9.17) is 0 Å². The normalized spacial score (nSPS) is 15.4. The standard InChI is InChI=1S/C20H24BrN3O/c1-11(2)19-16(10-24(4)5)12(3)22-18(19)9-15-14-7-6-13(21)8-17(14)23-20(15)25/h6-9,11,22H,10H2,1-5H3,(H,23,25). The molecule has 0 saturated carbocycles. The molecule has 1 aliphatic heterocycles. The number of aromatic nitrogens is 1. The van der Waals surface area contributed by atoms with E-state index >= 15 is 0 Å². The van der Waals surface area contributed by atoms with Gasteiger partial charge in [0.25, 0.3) is 5.91 Å². The molecule has 1 aromatic heterocycles. The van der Waals surface area contributed by atoms with Crippen LogP contribution >= 0.6 is 15.9 Å². The predicted molar refractivity (Wildman–Crippen MR) is 108 cm³/mol. The van der Waals surface area contributed by atoms with Crippen molar-refractivity contribution in [2.75, 3.05) is 19.4 Å². The minimum Gasteiger partial charge on any atom is -0.359 e. The number of nitrogens with zero attached hydrogens (tertiary/aromatic N) is 1. The zero-order valence-electron chi connectivity index (χ0n) is 15.3. The Bertz CT molecular complexity index is 862. The number of hydrogen-bond donors (Lipinski definition) is 2. The molecule has 0 atom stereocenters. The molecular weight excluding hydrogens is 378 g/mol. The summed E-state index contributed by atoms with van der Waals surface area (Å²) in [6, 6.07) is 5.89. The van der Waals surface area contributed by atoms with Crippen molar-refractivity contribution >= 4 is 39.2 Å². The number of halogens is 1. The minimum absolute atomic E-state index is 0.0516. The number of benzene rings is 1. The largest absolute Gasteiger partial charge is 0.359 e. The Balaban J connectivity index is 2.12. The minimum atomic E-state index is -0.0516. The molecule has 2 aromatic rings. The molecule has 2 heterocycles. The average molecular weight is 402 g/mol. The van der Waals surface area contributed by atoms with Gasteiger partial charge in [-0.1, -0.05) is 35.8 Å². The van der Waals surface area contributed by atoms with Gasteiger partial charge >= 0.3 is 0 Å². The van der Waals surface area contributed by atoms with Crippen molar-refractivity contribution in [3.8, 4) is 0 Å². The fourth-order valence-corrected chi connectivity index (χ4v) is 3.82. The van der Waals surface area contributed by atoms with Gasteiger partial charge in [-0.25, -0.2) is 0 Å². The molecule has 4 nitrogen and oxygen atoms in total. The van der Waals surface area contributed by atoms with Crippen LogP contribution in [0.1, 0.15) is 47.8 Å². The van der Waals surface area contributed by atoms with E-state index in [1.807, 2.05) is 24.3 Å². The molecule has 3 rings (SSSR count). The van der Waals surface area contributed by atoms with Crippen LogP contribution in [0.25, 0.3) is 11.6 Å². The highest BCUT2D eigenvalue weighted by atomic mass is 79.9. The summed E-state index contributed by atoms with van der Waals surface area (Å²) in [5, 5.41) is 2.95. The van der Waals surface area contributed by atoms with Gasteiger partial charge < -0.3 is 15.2 Å². The third-order valence-electron chi connectivity index (χ3n) is 4.50. The summed E-state index contributed by atoms with van der Waals surface area (Å²) >= 11 is 3.46. The van der Waals surface area contributed by atoms with Crippen LogP contribution in [-0.2, 0) is 11.3 Å². The van der Waals surface area contributed by atoms with Gasteiger partial charge in [0.2, 0.25) is 0 Å². The molecule has 25 heavy (non-hydrogen) atoms. The fraction of sp³-hybridized carbons (Fsp3) is 0.350. The van der Waals surface area contributed by atoms with Crippen LogP contribution in [0.15, 0.2) is 22.7 Å². The Kier molecular flexibility index (Phi) is 4.89. The van der Waals surface area contributed by atoms with Crippen molar-refractivity contribution < 1.29 is 4.79 Å². The molecule has 2 N–H and O–H groups in total. The lowest BCUT2D eigenvalue weighted by atomic mass is 9.95. The Morgan fingerprint density at radius 2 is 2.00 bits per heavy atom. The Hall–Kier alpha value is -1.85. The molecule has 0 spiro atoms. The first kappa shape index (κ1) is 18.0. The lowest BCUT2D eigenvalue weighted by Crippen LogP contribution is -2.12. The summed E-state index contributed by atoms with van der Waals surface area (Å²) in [5.74, 6) is 0.324. The van der Waals surface area contributed by atoms with Crippen LogP contribution in [-0.4, -0.2) is 29.9 Å². The second-order valence-electron chi connectivity index (χ2n) is 7.15. The van der Waals surface area contributed by atoms with Gasteiger partial charge in [-0.3, -0.25) is 4.79 Å². The quantitative estimate of drug-likeness (QED) is 0.725. The van der Waals surface area contributed by atoms with Crippen LogP contribution in [0.5, 0.6) is 0 Å². The van der Waals surface area contributed by atoms with Crippen molar-refractivity contribution in [1.82, 2.24) is 9.88 Å². The highest BCUT2D eigenvalue weighted by Gasteiger charge is 2.26. The molecule has 5 heteroatoms. The number of anilines is 1. The van der Waals surface area contributed by atoms with Gasteiger partial charge in [0.15, 0.2) is 0 Å². The van der Waals surface area contributed by atoms with Crippen LogP contribution < -0.4 is 5.32 Å². The van der Waals surface area contributed by atoms with Crippen LogP contribution in [0.4, 0.5) is 5.69 Å². The Morgan fingerprint density at radius 1 is 1.28 bits per heavy atom. The molecule has 0 saturated heterocycles. The monoisotopic (exact) mass is 401 g/mol. The number of nitrogens with one attached hydrogen (secondary N) is 2. The summed E-state index contributed by atoms with van der Waals surface area (Å²) < 4.78 is 0.958. The van der Waals surface area contributed by atoms with Gasteiger partial charge in [0.05, 0.1) is 11.3 Å². The number of rotatable bonds is 4. The zero-order valence-corrected chi connectivity index (χ0v) is 16.9. The van der Waals surface area contributed by atoms with Gasteiger partial charge in [-0.05, 0) is 56.3 Å². The van der Waals surface area contributed by atoms with Gasteiger partial charge in [0, 0.05) is 28.0 Å². The highest BCUT2D eigenvalue weighted by Crippen LogP contribution is 2.37. The molecule has 0 bridgehead atoms. The first-order chi connectivity index (χ1) is 11.8. The third-order valence-corrected chi connectivity index (χ3v) is 4.99. The maximum atomic E-state index is 12.5. The number of H-pyrrole nitrogens is 1. The van der Waals surface area contributed by atoms with E-state index in [9.17, 15) is 4.79 Å². The van der Waals surface area contributed by atoms with E-state index in [-0.39, 0.29) is 5.91 Å². The predicted octanol–water partition coefficient (Wildman–Crippen LogP) is 4.76. The summed E-state index contributed by atoms with van der Waals surface area (Å²) in [7, 11) is 4.15. The Labute approximate surface area is 157 Å². The van der Waals surface area contributed by atoms with Crippen molar-refractivity contribution in [2.24, 2.45) is 0 Å². The number of fused-ring (bicyclic) bond motifs is 1. The lowest BCUT2D eigenvalue weighted by molar-refractivity contribution is -0.110. The smallest absolute Gasteiger partial charge is 0.256 e. The molecule has 1 aromatic carbocycles. The van der Waals surface area contributed by atoms with E-state index in [1.165, 1.54) is 16.8 Å². The van der Waals surface area contributed by atoms with Gasteiger partial charge in [-0.15, -0.1) is 0 Å². The fourth-order valence-electron chi connectivity index (χ4n) is 3.46. The number of amides is 1. The maximum Gasteiger partial charge on any atom is 0.256 e. The summed E-state index contributed by atoms with van der Waals surface area (Å²) in [6.07, 6.45) is 2.00. The number of aromatic amines is 1. The molecule has 132 valence electrons.